The monoisotopic (exact) mass is 313 g/mol. The molecule has 0 aliphatic carbocycles. The first-order chi connectivity index (χ1) is 9.88. The number of rotatable bonds is 1. The predicted molar refractivity (Wildman–Crippen MR) is 72.1 cm³/mol. The molecule has 2 heterocycles. The normalized spacial score (nSPS) is 14.4. The van der Waals surface area contributed by atoms with Crippen molar-refractivity contribution >= 4 is 24.2 Å². The van der Waals surface area contributed by atoms with Gasteiger partial charge in [-0.05, 0) is 23.2 Å². The minimum Gasteiger partial charge on any atom is -0.423 e. The fourth-order valence-corrected chi connectivity index (χ4v) is 2.60. The van der Waals surface area contributed by atoms with Crippen LogP contribution in [0, 0.1) is 0 Å². The van der Waals surface area contributed by atoms with Crippen molar-refractivity contribution in [2.24, 2.45) is 0 Å². The Hall–Kier alpha value is -1.57. The molecule has 1 N–H and O–H groups in total. The second-order valence-corrected chi connectivity index (χ2v) is 5.02. The number of pyridine rings is 1. The van der Waals surface area contributed by atoms with Crippen LogP contribution in [0.5, 0.6) is 0 Å². The van der Waals surface area contributed by atoms with Crippen LogP contribution < -0.4 is 5.46 Å². The fraction of sp³-hybridized carbons (Fsp3) is 0.154. The molecule has 0 fully saturated rings. The summed E-state index contributed by atoms with van der Waals surface area (Å²) in [5, 5.41) is 9.83. The molecule has 0 amide bonds. The summed E-state index contributed by atoms with van der Waals surface area (Å²) in [4.78, 5) is 3.74. The van der Waals surface area contributed by atoms with Gasteiger partial charge in [0.05, 0.1) is 12.2 Å². The average Bonchev–Trinajstić information content (AvgIpc) is 2.78. The standard InChI is InChI=1S/C13H8BClF3NO2/c15-12-3-7-6-21-14(20)11(7)4-8(12)9-5-19-2-1-10(9)13(16,17)18/h1-5,20H,6H2. The molecule has 0 atom stereocenters. The molecule has 1 aliphatic rings. The first-order valence-corrected chi connectivity index (χ1v) is 6.39. The van der Waals surface area contributed by atoms with E-state index in [4.69, 9.17) is 16.3 Å². The lowest BCUT2D eigenvalue weighted by Gasteiger charge is -2.14. The summed E-state index contributed by atoms with van der Waals surface area (Å²) in [6.07, 6.45) is -2.33. The molecule has 0 unspecified atom stereocenters. The lowest BCUT2D eigenvalue weighted by Crippen LogP contribution is -2.28. The molecule has 1 aromatic carbocycles. The molecule has 3 nitrogen and oxygen atoms in total. The first kappa shape index (κ1) is 14.4. The van der Waals surface area contributed by atoms with Crippen LogP contribution in [0.15, 0.2) is 30.6 Å². The van der Waals surface area contributed by atoms with Gasteiger partial charge < -0.3 is 9.68 Å². The van der Waals surface area contributed by atoms with Crippen molar-refractivity contribution in [3.05, 3.63) is 46.7 Å². The van der Waals surface area contributed by atoms with Crippen molar-refractivity contribution in [3.63, 3.8) is 0 Å². The van der Waals surface area contributed by atoms with Crippen molar-refractivity contribution in [1.29, 1.82) is 0 Å². The highest BCUT2D eigenvalue weighted by Gasteiger charge is 2.35. The lowest BCUT2D eigenvalue weighted by molar-refractivity contribution is -0.137. The number of halogens is 4. The SMILES string of the molecule is OB1OCc2cc(Cl)c(-c3cnccc3C(F)(F)F)cc21. The van der Waals surface area contributed by atoms with Gasteiger partial charge in [-0.15, -0.1) is 0 Å². The Balaban J connectivity index is 2.21. The number of alkyl halides is 3. The van der Waals surface area contributed by atoms with Crippen molar-refractivity contribution in [1.82, 2.24) is 4.98 Å². The quantitative estimate of drug-likeness (QED) is 0.823. The zero-order valence-corrected chi connectivity index (χ0v) is 11.2. The summed E-state index contributed by atoms with van der Waals surface area (Å²) < 4.78 is 44.2. The van der Waals surface area contributed by atoms with Gasteiger partial charge in [0.25, 0.3) is 0 Å². The molecular weight excluding hydrogens is 305 g/mol. The van der Waals surface area contributed by atoms with Crippen LogP contribution in [0.2, 0.25) is 5.02 Å². The summed E-state index contributed by atoms with van der Waals surface area (Å²) in [6, 6.07) is 3.82. The van der Waals surface area contributed by atoms with Crippen LogP contribution in [0.1, 0.15) is 11.1 Å². The molecule has 0 bridgehead atoms. The largest absolute Gasteiger partial charge is 0.491 e. The maximum absolute atomic E-state index is 13.1. The molecule has 0 saturated carbocycles. The van der Waals surface area contributed by atoms with Crippen LogP contribution in [-0.2, 0) is 17.4 Å². The molecule has 0 spiro atoms. The van der Waals surface area contributed by atoms with E-state index in [1.165, 1.54) is 12.1 Å². The van der Waals surface area contributed by atoms with Crippen LogP contribution in [-0.4, -0.2) is 17.1 Å². The molecule has 8 heteroatoms. The Kier molecular flexibility index (Phi) is 3.43. The highest BCUT2D eigenvalue weighted by Crippen LogP contribution is 2.39. The van der Waals surface area contributed by atoms with E-state index >= 15 is 0 Å². The average molecular weight is 313 g/mol. The number of hydrogen-bond donors (Lipinski definition) is 1. The van der Waals surface area contributed by atoms with E-state index in [9.17, 15) is 18.2 Å². The van der Waals surface area contributed by atoms with Gasteiger partial charge in [-0.1, -0.05) is 17.7 Å². The van der Waals surface area contributed by atoms with Gasteiger partial charge >= 0.3 is 13.3 Å². The molecule has 0 saturated heterocycles. The third-order valence-electron chi connectivity index (χ3n) is 3.31. The lowest BCUT2D eigenvalue weighted by atomic mass is 9.78. The smallest absolute Gasteiger partial charge is 0.423 e. The van der Waals surface area contributed by atoms with Crippen molar-refractivity contribution in [3.8, 4) is 11.1 Å². The minimum atomic E-state index is -4.52. The van der Waals surface area contributed by atoms with E-state index in [1.807, 2.05) is 0 Å². The van der Waals surface area contributed by atoms with Gasteiger partial charge in [0.1, 0.15) is 0 Å². The van der Waals surface area contributed by atoms with Crippen molar-refractivity contribution in [2.45, 2.75) is 12.8 Å². The van der Waals surface area contributed by atoms with Gasteiger partial charge in [0.2, 0.25) is 0 Å². The fourth-order valence-electron chi connectivity index (χ4n) is 2.31. The van der Waals surface area contributed by atoms with Gasteiger partial charge in [0.15, 0.2) is 0 Å². The summed E-state index contributed by atoms with van der Waals surface area (Å²) in [5.41, 5.74) is 0.296. The third-order valence-corrected chi connectivity index (χ3v) is 3.62. The Morgan fingerprint density at radius 3 is 2.76 bits per heavy atom. The topological polar surface area (TPSA) is 42.4 Å². The Bertz CT molecular complexity index is 708. The maximum atomic E-state index is 13.1. The van der Waals surface area contributed by atoms with Crippen LogP contribution in [0.25, 0.3) is 11.1 Å². The Labute approximate surface area is 123 Å². The molecule has 21 heavy (non-hydrogen) atoms. The van der Waals surface area contributed by atoms with E-state index in [1.54, 1.807) is 0 Å². The number of benzene rings is 1. The third kappa shape index (κ3) is 2.52. The number of hydrogen-bond acceptors (Lipinski definition) is 3. The zero-order valence-electron chi connectivity index (χ0n) is 10.5. The van der Waals surface area contributed by atoms with Crippen LogP contribution in [0.4, 0.5) is 13.2 Å². The number of nitrogens with zero attached hydrogens (tertiary/aromatic N) is 1. The second-order valence-electron chi connectivity index (χ2n) is 4.61. The second kappa shape index (κ2) is 5.01. The first-order valence-electron chi connectivity index (χ1n) is 6.01. The molecule has 0 radical (unpaired) electrons. The van der Waals surface area contributed by atoms with Gasteiger partial charge in [0, 0.05) is 28.5 Å². The molecule has 108 valence electrons. The summed E-state index contributed by atoms with van der Waals surface area (Å²) >= 11 is 6.08. The summed E-state index contributed by atoms with van der Waals surface area (Å²) in [5.74, 6) is 0. The van der Waals surface area contributed by atoms with E-state index in [0.29, 0.717) is 11.0 Å². The molecule has 2 aromatic rings. The Morgan fingerprint density at radius 1 is 1.29 bits per heavy atom. The molecule has 1 aromatic heterocycles. The van der Waals surface area contributed by atoms with Gasteiger partial charge in [-0.25, -0.2) is 0 Å². The Morgan fingerprint density at radius 2 is 2.05 bits per heavy atom. The summed E-state index contributed by atoms with van der Waals surface area (Å²) in [6.45, 7) is 0.176. The maximum Gasteiger partial charge on any atom is 0.491 e. The highest BCUT2D eigenvalue weighted by molar-refractivity contribution is 6.61. The molecular formula is C13H8BClF3NO2. The summed E-state index contributed by atoms with van der Waals surface area (Å²) in [7, 11) is -1.15. The van der Waals surface area contributed by atoms with Crippen LogP contribution in [0.3, 0.4) is 0 Å². The predicted octanol–water partition coefficient (Wildman–Crippen LogP) is 2.64. The van der Waals surface area contributed by atoms with E-state index < -0.39 is 18.9 Å². The van der Waals surface area contributed by atoms with Gasteiger partial charge in [-0.2, -0.15) is 13.2 Å². The number of fused-ring (bicyclic) bond motifs is 1. The minimum absolute atomic E-state index is 0.128. The zero-order chi connectivity index (χ0) is 15.2. The van der Waals surface area contributed by atoms with Gasteiger partial charge in [-0.3, -0.25) is 4.98 Å². The highest BCUT2D eigenvalue weighted by atomic mass is 35.5. The number of aromatic nitrogens is 1. The van der Waals surface area contributed by atoms with E-state index in [-0.39, 0.29) is 22.8 Å². The molecule has 3 rings (SSSR count). The van der Waals surface area contributed by atoms with E-state index in [0.717, 1.165) is 18.5 Å². The van der Waals surface area contributed by atoms with E-state index in [2.05, 4.69) is 4.98 Å². The van der Waals surface area contributed by atoms with Crippen LogP contribution >= 0.6 is 11.6 Å². The van der Waals surface area contributed by atoms with Crippen molar-refractivity contribution < 1.29 is 22.8 Å². The van der Waals surface area contributed by atoms with Crippen molar-refractivity contribution in [2.75, 3.05) is 0 Å². The molecule has 1 aliphatic heterocycles.